The highest BCUT2D eigenvalue weighted by Crippen LogP contribution is 2.33. The molecule has 0 amide bonds. The van der Waals surface area contributed by atoms with Crippen molar-refractivity contribution < 1.29 is 24.5 Å². The molecular formula is C23H20O5. The summed E-state index contributed by atoms with van der Waals surface area (Å²) in [6, 6.07) is 20.0. The van der Waals surface area contributed by atoms with Crippen LogP contribution in [-0.4, -0.2) is 22.2 Å². The van der Waals surface area contributed by atoms with Crippen molar-refractivity contribution in [3.8, 4) is 11.5 Å². The summed E-state index contributed by atoms with van der Waals surface area (Å²) < 4.78 is 5.35. The van der Waals surface area contributed by atoms with E-state index in [-0.39, 0.29) is 22.3 Å². The first kappa shape index (κ1) is 19.2. The number of aromatic hydroxyl groups is 1. The molecule has 0 radical (unpaired) electrons. The lowest BCUT2D eigenvalue weighted by Crippen LogP contribution is -2.19. The third-order valence-corrected chi connectivity index (χ3v) is 4.75. The zero-order chi connectivity index (χ0) is 20.3. The first-order valence-corrected chi connectivity index (χ1v) is 8.73. The summed E-state index contributed by atoms with van der Waals surface area (Å²) in [7, 11) is 0. The van der Waals surface area contributed by atoms with E-state index in [9.17, 15) is 19.8 Å². The highest BCUT2D eigenvalue weighted by Gasteiger charge is 2.23. The molecule has 3 aromatic rings. The van der Waals surface area contributed by atoms with Crippen molar-refractivity contribution in [3.05, 3.63) is 95.1 Å². The molecule has 0 saturated carbocycles. The Morgan fingerprint density at radius 3 is 1.82 bits per heavy atom. The van der Waals surface area contributed by atoms with E-state index in [1.165, 1.54) is 12.1 Å². The van der Waals surface area contributed by atoms with Gasteiger partial charge < -0.3 is 14.9 Å². The smallest absolute Gasteiger partial charge is 0.344 e. The van der Waals surface area contributed by atoms with Gasteiger partial charge >= 0.3 is 11.9 Å². The number of rotatable bonds is 5. The average molecular weight is 376 g/mol. The van der Waals surface area contributed by atoms with Crippen LogP contribution < -0.4 is 4.74 Å². The molecule has 2 N–H and O–H groups in total. The fourth-order valence-electron chi connectivity index (χ4n) is 2.99. The molecule has 0 fully saturated rings. The summed E-state index contributed by atoms with van der Waals surface area (Å²) in [5.41, 5.74) is 1.63. The van der Waals surface area contributed by atoms with Crippen LogP contribution in [-0.2, 0) is 5.41 Å². The van der Waals surface area contributed by atoms with Crippen molar-refractivity contribution in [2.24, 2.45) is 0 Å². The summed E-state index contributed by atoms with van der Waals surface area (Å²) in [5, 5.41) is 18.7. The summed E-state index contributed by atoms with van der Waals surface area (Å²) in [6.45, 7) is 4.12. The number of phenols is 1. The zero-order valence-electron chi connectivity index (χ0n) is 15.5. The van der Waals surface area contributed by atoms with Gasteiger partial charge in [0.25, 0.3) is 0 Å². The highest BCUT2D eigenvalue weighted by atomic mass is 16.5. The van der Waals surface area contributed by atoms with Crippen molar-refractivity contribution in [3.63, 3.8) is 0 Å². The molecule has 0 heterocycles. The summed E-state index contributed by atoms with van der Waals surface area (Å²) in [4.78, 5) is 23.6. The summed E-state index contributed by atoms with van der Waals surface area (Å²) >= 11 is 0. The lowest BCUT2D eigenvalue weighted by atomic mass is 9.78. The molecule has 0 aliphatic carbocycles. The van der Waals surface area contributed by atoms with Gasteiger partial charge in [-0.2, -0.15) is 0 Å². The maximum Gasteiger partial charge on any atom is 0.344 e. The molecule has 28 heavy (non-hydrogen) atoms. The van der Waals surface area contributed by atoms with Gasteiger partial charge in [-0.05, 0) is 47.5 Å². The molecule has 0 atom stereocenters. The van der Waals surface area contributed by atoms with Gasteiger partial charge in [0.1, 0.15) is 11.5 Å². The molecule has 3 rings (SSSR count). The van der Waals surface area contributed by atoms with Gasteiger partial charge in [-0.25, -0.2) is 9.59 Å². The normalized spacial score (nSPS) is 11.1. The third-order valence-electron chi connectivity index (χ3n) is 4.75. The Morgan fingerprint density at radius 2 is 1.29 bits per heavy atom. The molecule has 0 unspecified atom stereocenters. The van der Waals surface area contributed by atoms with Crippen LogP contribution in [0.4, 0.5) is 0 Å². The van der Waals surface area contributed by atoms with Crippen LogP contribution in [0.15, 0.2) is 72.8 Å². The van der Waals surface area contributed by atoms with E-state index in [0.717, 1.165) is 11.1 Å². The van der Waals surface area contributed by atoms with Crippen molar-refractivity contribution in [2.75, 3.05) is 0 Å². The minimum absolute atomic E-state index is 0.00324. The van der Waals surface area contributed by atoms with Crippen LogP contribution in [0.2, 0.25) is 0 Å². The summed E-state index contributed by atoms with van der Waals surface area (Å²) in [5.74, 6) is -1.36. The molecule has 3 aromatic carbocycles. The zero-order valence-corrected chi connectivity index (χ0v) is 15.5. The second-order valence-corrected chi connectivity index (χ2v) is 6.94. The van der Waals surface area contributed by atoms with Gasteiger partial charge in [0.15, 0.2) is 0 Å². The highest BCUT2D eigenvalue weighted by molar-refractivity contribution is 6.03. The third kappa shape index (κ3) is 3.88. The fraction of sp³-hybridized carbons (Fsp3) is 0.130. The van der Waals surface area contributed by atoms with E-state index in [0.29, 0.717) is 5.75 Å². The Balaban J connectivity index is 1.80. The molecule has 0 aromatic heterocycles. The number of carboxylic acids is 1. The van der Waals surface area contributed by atoms with Crippen LogP contribution >= 0.6 is 0 Å². The van der Waals surface area contributed by atoms with Gasteiger partial charge in [0.05, 0.1) is 11.1 Å². The number of carbonyl (C=O) groups is 2. The number of aromatic carboxylic acids is 1. The van der Waals surface area contributed by atoms with Crippen LogP contribution in [0.1, 0.15) is 45.7 Å². The standard InChI is InChI=1S/C23H20O5/c1-23(2,15-7-11-17(24)12-8-15)16-9-13-18(14-10-16)28-22(27)20-6-4-3-5-19(20)21(25)26/h3-14,24H,1-2H3,(H,25,26). The number of hydrogen-bond donors (Lipinski definition) is 2. The Hall–Kier alpha value is -3.60. The molecular weight excluding hydrogens is 356 g/mol. The minimum atomic E-state index is -1.18. The van der Waals surface area contributed by atoms with Crippen molar-refractivity contribution in [1.29, 1.82) is 0 Å². The minimum Gasteiger partial charge on any atom is -0.508 e. The number of hydrogen-bond acceptors (Lipinski definition) is 4. The van der Waals surface area contributed by atoms with Gasteiger partial charge in [-0.15, -0.1) is 0 Å². The first-order valence-electron chi connectivity index (χ1n) is 8.73. The van der Waals surface area contributed by atoms with E-state index < -0.39 is 11.9 Å². The number of carbonyl (C=O) groups excluding carboxylic acids is 1. The number of phenolic OH excluding ortho intramolecular Hbond substituents is 1. The number of esters is 1. The Kier molecular flexibility index (Phi) is 5.18. The number of benzene rings is 3. The maximum atomic E-state index is 12.4. The van der Waals surface area contributed by atoms with Crippen molar-refractivity contribution >= 4 is 11.9 Å². The maximum absolute atomic E-state index is 12.4. The molecule has 0 aliphatic rings. The lowest BCUT2D eigenvalue weighted by molar-refractivity contribution is 0.0668. The Morgan fingerprint density at radius 1 is 0.786 bits per heavy atom. The van der Waals surface area contributed by atoms with Gasteiger partial charge in [-0.1, -0.05) is 50.2 Å². The molecule has 0 saturated heterocycles. The van der Waals surface area contributed by atoms with Gasteiger partial charge in [0.2, 0.25) is 0 Å². The average Bonchev–Trinajstić information content (AvgIpc) is 2.68. The quantitative estimate of drug-likeness (QED) is 0.501. The van der Waals surface area contributed by atoms with Crippen LogP contribution in [0.25, 0.3) is 0 Å². The molecule has 0 spiro atoms. The van der Waals surface area contributed by atoms with Crippen molar-refractivity contribution in [2.45, 2.75) is 19.3 Å². The number of carboxylic acid groups (broad SMARTS) is 1. The molecule has 0 bridgehead atoms. The van der Waals surface area contributed by atoms with E-state index >= 15 is 0 Å². The second kappa shape index (κ2) is 7.56. The van der Waals surface area contributed by atoms with Crippen LogP contribution in [0.3, 0.4) is 0 Å². The topological polar surface area (TPSA) is 83.8 Å². The molecule has 0 aliphatic heterocycles. The first-order chi connectivity index (χ1) is 13.3. The van der Waals surface area contributed by atoms with E-state index in [4.69, 9.17) is 4.74 Å². The monoisotopic (exact) mass is 376 g/mol. The second-order valence-electron chi connectivity index (χ2n) is 6.94. The van der Waals surface area contributed by atoms with Gasteiger partial charge in [-0.3, -0.25) is 0 Å². The molecule has 5 nitrogen and oxygen atoms in total. The largest absolute Gasteiger partial charge is 0.508 e. The summed E-state index contributed by atoms with van der Waals surface area (Å²) in [6.07, 6.45) is 0. The molecule has 142 valence electrons. The Bertz CT molecular complexity index is 1000. The van der Waals surface area contributed by atoms with E-state index in [1.807, 2.05) is 24.3 Å². The lowest BCUT2D eigenvalue weighted by Gasteiger charge is -2.26. The van der Waals surface area contributed by atoms with Crippen molar-refractivity contribution in [1.82, 2.24) is 0 Å². The SMILES string of the molecule is CC(C)(c1ccc(O)cc1)c1ccc(OC(=O)c2ccccc2C(=O)O)cc1. The van der Waals surface area contributed by atoms with E-state index in [1.54, 1.807) is 36.4 Å². The predicted octanol–water partition coefficient (Wildman–Crippen LogP) is 4.64. The fourth-order valence-corrected chi connectivity index (χ4v) is 2.99. The predicted molar refractivity (Wildman–Crippen MR) is 105 cm³/mol. The molecule has 5 heteroatoms. The Labute approximate surface area is 162 Å². The van der Waals surface area contributed by atoms with Crippen LogP contribution in [0.5, 0.6) is 11.5 Å². The number of ether oxygens (including phenoxy) is 1. The van der Waals surface area contributed by atoms with Gasteiger partial charge in [0, 0.05) is 5.41 Å². The van der Waals surface area contributed by atoms with Crippen LogP contribution in [0, 0.1) is 0 Å². The van der Waals surface area contributed by atoms with E-state index in [2.05, 4.69) is 13.8 Å².